The SMILES string of the molecule is COc1cc(-c2nc3cc(Cl)c(Cl)cc3[nH]2)cc(Cl)c1OC. The molecule has 0 saturated heterocycles. The van der Waals surface area contributed by atoms with E-state index < -0.39 is 0 Å². The predicted molar refractivity (Wildman–Crippen MR) is 89.7 cm³/mol. The van der Waals surface area contributed by atoms with Crippen molar-refractivity contribution in [1.29, 1.82) is 0 Å². The second-order valence-electron chi connectivity index (χ2n) is 4.56. The van der Waals surface area contributed by atoms with Crippen molar-refractivity contribution in [3.63, 3.8) is 0 Å². The van der Waals surface area contributed by atoms with E-state index >= 15 is 0 Å². The fourth-order valence-corrected chi connectivity index (χ4v) is 2.81. The molecule has 114 valence electrons. The van der Waals surface area contributed by atoms with E-state index in [4.69, 9.17) is 44.3 Å². The number of halogens is 3. The number of hydrogen-bond donors (Lipinski definition) is 1. The third kappa shape index (κ3) is 2.58. The van der Waals surface area contributed by atoms with Crippen LogP contribution in [-0.4, -0.2) is 24.2 Å². The molecule has 3 aromatic rings. The molecule has 0 radical (unpaired) electrons. The van der Waals surface area contributed by atoms with Crippen molar-refractivity contribution >= 4 is 45.8 Å². The Bertz CT molecular complexity index is 823. The molecule has 0 unspecified atom stereocenters. The van der Waals surface area contributed by atoms with E-state index in [9.17, 15) is 0 Å². The number of benzene rings is 2. The summed E-state index contributed by atoms with van der Waals surface area (Å²) >= 11 is 18.3. The number of nitrogens with zero attached hydrogens (tertiary/aromatic N) is 1. The maximum atomic E-state index is 6.22. The number of methoxy groups -OCH3 is 2. The molecule has 1 N–H and O–H groups in total. The van der Waals surface area contributed by atoms with Crippen molar-refractivity contribution < 1.29 is 9.47 Å². The average molecular weight is 358 g/mol. The third-order valence-electron chi connectivity index (χ3n) is 3.23. The van der Waals surface area contributed by atoms with Gasteiger partial charge in [0, 0.05) is 5.56 Å². The van der Waals surface area contributed by atoms with Crippen LogP contribution in [0.15, 0.2) is 24.3 Å². The summed E-state index contributed by atoms with van der Waals surface area (Å²) in [4.78, 5) is 7.69. The molecule has 2 aromatic carbocycles. The number of imidazole rings is 1. The Morgan fingerprint density at radius 1 is 0.909 bits per heavy atom. The second-order valence-corrected chi connectivity index (χ2v) is 5.78. The van der Waals surface area contributed by atoms with Crippen LogP contribution >= 0.6 is 34.8 Å². The molecule has 0 amide bonds. The summed E-state index contributed by atoms with van der Waals surface area (Å²) in [6.45, 7) is 0. The van der Waals surface area contributed by atoms with Gasteiger partial charge < -0.3 is 14.5 Å². The van der Waals surface area contributed by atoms with Crippen LogP contribution in [0, 0.1) is 0 Å². The van der Waals surface area contributed by atoms with Gasteiger partial charge in [0.25, 0.3) is 0 Å². The lowest BCUT2D eigenvalue weighted by Crippen LogP contribution is -1.92. The summed E-state index contributed by atoms with van der Waals surface area (Å²) in [5, 5.41) is 1.36. The molecule has 0 aliphatic rings. The third-order valence-corrected chi connectivity index (χ3v) is 4.23. The van der Waals surface area contributed by atoms with E-state index in [-0.39, 0.29) is 0 Å². The highest BCUT2D eigenvalue weighted by atomic mass is 35.5. The van der Waals surface area contributed by atoms with Gasteiger partial charge in [0.2, 0.25) is 0 Å². The normalized spacial score (nSPS) is 11.0. The summed E-state index contributed by atoms with van der Waals surface area (Å²) in [5.41, 5.74) is 2.27. The van der Waals surface area contributed by atoms with E-state index in [0.29, 0.717) is 32.4 Å². The molecule has 3 rings (SSSR count). The Labute approximate surface area is 141 Å². The highest BCUT2D eigenvalue weighted by molar-refractivity contribution is 6.42. The Balaban J connectivity index is 2.17. The number of H-pyrrole nitrogens is 1. The van der Waals surface area contributed by atoms with Gasteiger partial charge >= 0.3 is 0 Å². The number of nitrogens with one attached hydrogen (secondary N) is 1. The van der Waals surface area contributed by atoms with Gasteiger partial charge in [0.1, 0.15) is 5.82 Å². The van der Waals surface area contributed by atoms with Crippen molar-refractivity contribution in [3.05, 3.63) is 39.3 Å². The average Bonchev–Trinajstić information content (AvgIpc) is 2.89. The van der Waals surface area contributed by atoms with Crippen molar-refractivity contribution in [2.24, 2.45) is 0 Å². The first-order valence-electron chi connectivity index (χ1n) is 6.30. The molecule has 0 aliphatic heterocycles. The summed E-state index contributed by atoms with van der Waals surface area (Å²) in [6.07, 6.45) is 0. The Morgan fingerprint density at radius 2 is 1.64 bits per heavy atom. The Morgan fingerprint density at radius 3 is 2.32 bits per heavy atom. The lowest BCUT2D eigenvalue weighted by atomic mass is 10.2. The first-order valence-corrected chi connectivity index (χ1v) is 7.43. The minimum Gasteiger partial charge on any atom is -0.493 e. The van der Waals surface area contributed by atoms with Crippen molar-refractivity contribution in [2.45, 2.75) is 0 Å². The molecule has 1 aromatic heterocycles. The first kappa shape index (κ1) is 15.3. The molecule has 1 heterocycles. The predicted octanol–water partition coefficient (Wildman–Crippen LogP) is 5.21. The molecule has 7 heteroatoms. The highest BCUT2D eigenvalue weighted by Crippen LogP contribution is 2.39. The van der Waals surface area contributed by atoms with E-state index in [1.807, 2.05) is 0 Å². The maximum Gasteiger partial charge on any atom is 0.179 e. The molecule has 0 fully saturated rings. The van der Waals surface area contributed by atoms with Crippen LogP contribution in [0.2, 0.25) is 15.1 Å². The quantitative estimate of drug-likeness (QED) is 0.700. The van der Waals surface area contributed by atoms with Crippen LogP contribution in [-0.2, 0) is 0 Å². The van der Waals surface area contributed by atoms with Crippen LogP contribution < -0.4 is 9.47 Å². The van der Waals surface area contributed by atoms with Crippen LogP contribution in [0.3, 0.4) is 0 Å². The van der Waals surface area contributed by atoms with Gasteiger partial charge in [0.05, 0.1) is 40.3 Å². The number of aromatic amines is 1. The maximum absolute atomic E-state index is 6.22. The van der Waals surface area contributed by atoms with E-state index in [1.165, 1.54) is 7.11 Å². The van der Waals surface area contributed by atoms with Crippen LogP contribution in [0.4, 0.5) is 0 Å². The number of ether oxygens (including phenoxy) is 2. The van der Waals surface area contributed by atoms with Gasteiger partial charge in [-0.05, 0) is 24.3 Å². The van der Waals surface area contributed by atoms with Crippen molar-refractivity contribution in [3.8, 4) is 22.9 Å². The fourth-order valence-electron chi connectivity index (χ4n) is 2.20. The first-order chi connectivity index (χ1) is 10.5. The summed E-state index contributed by atoms with van der Waals surface area (Å²) < 4.78 is 10.5. The minimum atomic E-state index is 0.438. The van der Waals surface area contributed by atoms with E-state index in [0.717, 1.165) is 16.6 Å². The zero-order valence-electron chi connectivity index (χ0n) is 11.7. The molecule has 0 saturated carbocycles. The van der Waals surface area contributed by atoms with Gasteiger partial charge in [-0.25, -0.2) is 4.98 Å². The lowest BCUT2D eigenvalue weighted by molar-refractivity contribution is 0.355. The Hall–Kier alpha value is -1.62. The van der Waals surface area contributed by atoms with Crippen LogP contribution in [0.5, 0.6) is 11.5 Å². The zero-order chi connectivity index (χ0) is 15.9. The number of hydrogen-bond acceptors (Lipinski definition) is 3. The lowest BCUT2D eigenvalue weighted by Gasteiger charge is -2.10. The number of aromatic nitrogens is 2. The standard InChI is InChI=1S/C15H11Cl3N2O2/c1-21-13-4-7(3-10(18)14(13)22-2)15-19-11-5-8(16)9(17)6-12(11)20-15/h3-6H,1-2H3,(H,19,20). The van der Waals surface area contributed by atoms with Gasteiger partial charge in [-0.3, -0.25) is 0 Å². The van der Waals surface area contributed by atoms with E-state index in [2.05, 4.69) is 9.97 Å². The van der Waals surface area contributed by atoms with Gasteiger partial charge in [-0.2, -0.15) is 0 Å². The second kappa shape index (κ2) is 5.88. The molecular formula is C15H11Cl3N2O2. The van der Waals surface area contributed by atoms with Crippen molar-refractivity contribution in [1.82, 2.24) is 9.97 Å². The Kier molecular flexibility index (Phi) is 4.08. The summed E-state index contributed by atoms with van der Waals surface area (Å²) in [5.74, 6) is 1.65. The van der Waals surface area contributed by atoms with Crippen LogP contribution in [0.1, 0.15) is 0 Å². The largest absolute Gasteiger partial charge is 0.493 e. The molecule has 0 bridgehead atoms. The van der Waals surface area contributed by atoms with Gasteiger partial charge in [-0.1, -0.05) is 34.8 Å². The molecule has 22 heavy (non-hydrogen) atoms. The fraction of sp³-hybridized carbons (Fsp3) is 0.133. The zero-order valence-corrected chi connectivity index (χ0v) is 14.0. The molecule has 4 nitrogen and oxygen atoms in total. The molecule has 0 spiro atoms. The summed E-state index contributed by atoms with van der Waals surface area (Å²) in [6, 6.07) is 7.00. The summed E-state index contributed by atoms with van der Waals surface area (Å²) in [7, 11) is 3.09. The van der Waals surface area contributed by atoms with Gasteiger partial charge in [0.15, 0.2) is 11.5 Å². The number of fused-ring (bicyclic) bond motifs is 1. The highest BCUT2D eigenvalue weighted by Gasteiger charge is 2.14. The minimum absolute atomic E-state index is 0.438. The van der Waals surface area contributed by atoms with Crippen LogP contribution in [0.25, 0.3) is 22.4 Å². The monoisotopic (exact) mass is 356 g/mol. The van der Waals surface area contributed by atoms with Gasteiger partial charge in [-0.15, -0.1) is 0 Å². The smallest absolute Gasteiger partial charge is 0.179 e. The molecule has 0 aliphatic carbocycles. The molecular weight excluding hydrogens is 347 g/mol. The number of rotatable bonds is 3. The van der Waals surface area contributed by atoms with Crippen molar-refractivity contribution in [2.75, 3.05) is 14.2 Å². The van der Waals surface area contributed by atoms with E-state index in [1.54, 1.807) is 31.4 Å². The molecule has 0 atom stereocenters. The topological polar surface area (TPSA) is 47.1 Å².